The lowest BCUT2D eigenvalue weighted by atomic mass is 9.81. The minimum absolute atomic E-state index is 0.203. The van der Waals surface area contributed by atoms with Gasteiger partial charge in [0.1, 0.15) is 0 Å². The highest BCUT2D eigenvalue weighted by atomic mass is 16.7. The average molecular weight is 277 g/mol. The van der Waals surface area contributed by atoms with Crippen LogP contribution in [0.5, 0.6) is 0 Å². The maximum Gasteiger partial charge on any atom is 0.332 e. The van der Waals surface area contributed by atoms with E-state index in [1.165, 1.54) is 0 Å². The molecule has 0 aromatic carbocycles. The molecule has 4 aliphatic rings. The molecular weight excluding hydrogens is 258 g/mol. The highest BCUT2D eigenvalue weighted by molar-refractivity contribution is 5.88. The third-order valence-corrected chi connectivity index (χ3v) is 5.23. The lowest BCUT2D eigenvalue weighted by Crippen LogP contribution is -2.48. The number of carbonyl (C=O) groups is 1. The smallest absolute Gasteiger partial charge is 0.332 e. The lowest BCUT2D eigenvalue weighted by Gasteiger charge is -2.33. The van der Waals surface area contributed by atoms with Crippen LogP contribution >= 0.6 is 0 Å². The van der Waals surface area contributed by atoms with E-state index in [1.54, 1.807) is 20.3 Å². The Morgan fingerprint density at radius 3 is 2.95 bits per heavy atom. The number of carbonyl (C=O) groups excluding carboxylic acids is 1. The fourth-order valence-corrected chi connectivity index (χ4v) is 4.56. The van der Waals surface area contributed by atoms with Crippen LogP contribution < -0.4 is 0 Å². The number of ether oxygens (including phenoxy) is 3. The second-order valence-corrected chi connectivity index (χ2v) is 5.99. The van der Waals surface area contributed by atoms with Crippen LogP contribution in [0.1, 0.15) is 19.3 Å². The molecule has 4 atom stereocenters. The molecule has 1 spiro atoms. The summed E-state index contributed by atoms with van der Waals surface area (Å²) in [7, 11) is 3.36. The summed E-state index contributed by atoms with van der Waals surface area (Å²) in [5.41, 5.74) is 0.621. The molecule has 4 rings (SSSR count). The molecule has 1 unspecified atom stereocenters. The van der Waals surface area contributed by atoms with Crippen LogP contribution in [0.2, 0.25) is 0 Å². The van der Waals surface area contributed by atoms with Crippen molar-refractivity contribution < 1.29 is 19.0 Å². The normalized spacial score (nSPS) is 41.9. The summed E-state index contributed by atoms with van der Waals surface area (Å²) < 4.78 is 16.7. The van der Waals surface area contributed by atoms with Crippen molar-refractivity contribution >= 4 is 5.97 Å². The Kier molecular flexibility index (Phi) is 2.61. The minimum Gasteiger partial charge on any atom is -0.449 e. The molecule has 2 fully saturated rings. The van der Waals surface area contributed by atoms with Crippen LogP contribution in [0.3, 0.4) is 0 Å². The van der Waals surface area contributed by atoms with Crippen molar-refractivity contribution in [1.82, 2.24) is 4.90 Å². The van der Waals surface area contributed by atoms with E-state index in [1.807, 2.05) is 0 Å². The molecule has 0 N–H and O–H groups in total. The first-order valence-corrected chi connectivity index (χ1v) is 7.16. The molecule has 0 radical (unpaired) electrons. The van der Waals surface area contributed by atoms with Crippen molar-refractivity contribution in [2.75, 3.05) is 14.2 Å². The van der Waals surface area contributed by atoms with Crippen molar-refractivity contribution in [1.29, 1.82) is 0 Å². The fraction of sp³-hybridized carbons (Fsp3) is 0.667. The van der Waals surface area contributed by atoms with Gasteiger partial charge in [-0.15, -0.1) is 0 Å². The van der Waals surface area contributed by atoms with E-state index in [0.29, 0.717) is 6.04 Å². The van der Waals surface area contributed by atoms with Gasteiger partial charge in [-0.1, -0.05) is 12.2 Å². The van der Waals surface area contributed by atoms with Crippen molar-refractivity contribution in [2.45, 2.75) is 49.3 Å². The van der Waals surface area contributed by atoms with E-state index in [9.17, 15) is 4.79 Å². The van der Waals surface area contributed by atoms with Crippen molar-refractivity contribution in [3.05, 3.63) is 23.8 Å². The second kappa shape index (κ2) is 4.16. The largest absolute Gasteiger partial charge is 0.449 e. The van der Waals surface area contributed by atoms with E-state index in [-0.39, 0.29) is 24.3 Å². The maximum atomic E-state index is 11.7. The molecular formula is C15H19NO4. The molecule has 0 aromatic heterocycles. The van der Waals surface area contributed by atoms with Gasteiger partial charge in [-0.25, -0.2) is 4.79 Å². The van der Waals surface area contributed by atoms with Gasteiger partial charge in [0.25, 0.3) is 0 Å². The van der Waals surface area contributed by atoms with Crippen LogP contribution in [-0.2, 0) is 19.0 Å². The van der Waals surface area contributed by atoms with E-state index >= 15 is 0 Å². The predicted octanol–water partition coefficient (Wildman–Crippen LogP) is 1.00. The second-order valence-electron chi connectivity index (χ2n) is 5.99. The van der Waals surface area contributed by atoms with Crippen molar-refractivity contribution in [2.24, 2.45) is 0 Å². The Morgan fingerprint density at radius 1 is 1.40 bits per heavy atom. The van der Waals surface area contributed by atoms with Gasteiger partial charge in [-0.05, 0) is 12.8 Å². The zero-order valence-corrected chi connectivity index (χ0v) is 11.7. The van der Waals surface area contributed by atoms with Crippen molar-refractivity contribution in [3.63, 3.8) is 0 Å². The molecule has 3 aliphatic heterocycles. The quantitative estimate of drug-likeness (QED) is 0.569. The molecule has 108 valence electrons. The molecule has 20 heavy (non-hydrogen) atoms. The first-order chi connectivity index (χ1) is 9.69. The number of fused-ring (bicyclic) bond motifs is 3. The average Bonchev–Trinajstić information content (AvgIpc) is 3.06. The molecule has 0 saturated carbocycles. The third-order valence-electron chi connectivity index (χ3n) is 5.23. The summed E-state index contributed by atoms with van der Waals surface area (Å²) in [4.78, 5) is 14.1. The Morgan fingerprint density at radius 2 is 2.20 bits per heavy atom. The van der Waals surface area contributed by atoms with Crippen LogP contribution in [0.15, 0.2) is 23.8 Å². The molecule has 0 amide bonds. The van der Waals surface area contributed by atoms with Crippen LogP contribution in [0.4, 0.5) is 0 Å². The number of nitrogens with zero attached hydrogens (tertiary/aromatic N) is 1. The van der Waals surface area contributed by atoms with Gasteiger partial charge < -0.3 is 14.2 Å². The molecule has 2 saturated heterocycles. The van der Waals surface area contributed by atoms with Gasteiger partial charge in [0, 0.05) is 38.3 Å². The minimum atomic E-state index is -0.419. The molecule has 2 bridgehead atoms. The number of esters is 1. The lowest BCUT2D eigenvalue weighted by molar-refractivity contribution is -0.151. The molecule has 3 heterocycles. The summed E-state index contributed by atoms with van der Waals surface area (Å²) >= 11 is 0. The highest BCUT2D eigenvalue weighted by Crippen LogP contribution is 2.54. The molecule has 1 aliphatic carbocycles. The monoisotopic (exact) mass is 277 g/mol. The van der Waals surface area contributed by atoms with Crippen LogP contribution in [0.25, 0.3) is 0 Å². The highest BCUT2D eigenvalue weighted by Gasteiger charge is 2.63. The Bertz CT molecular complexity index is 510. The Labute approximate surface area is 118 Å². The first-order valence-electron chi connectivity index (χ1n) is 7.16. The van der Waals surface area contributed by atoms with Gasteiger partial charge in [0.05, 0.1) is 12.1 Å². The van der Waals surface area contributed by atoms with Crippen molar-refractivity contribution in [3.8, 4) is 0 Å². The molecule has 5 heteroatoms. The summed E-state index contributed by atoms with van der Waals surface area (Å²) in [5.74, 6) is -0.203. The number of hydrogen-bond acceptors (Lipinski definition) is 5. The summed E-state index contributed by atoms with van der Waals surface area (Å²) in [6.07, 6.45) is 8.55. The summed E-state index contributed by atoms with van der Waals surface area (Å²) in [5, 5.41) is 0. The zero-order chi connectivity index (χ0) is 13.9. The number of rotatable bonds is 3. The van der Waals surface area contributed by atoms with Gasteiger partial charge in [-0.2, -0.15) is 0 Å². The first kappa shape index (κ1) is 12.6. The molecule has 0 aromatic rings. The predicted molar refractivity (Wildman–Crippen MR) is 70.9 cm³/mol. The standard InChI is InChI=1S/C15H19NO4/c1-18-14(19-2)11-5-6-12-15-8-10(16(11)12)4-3-9(15)7-13(17)20-15/h3-4,7,10-12,14H,5-6,8H2,1-2H3/t10-,11?,12-,15+/m1/s1. The Balaban J connectivity index is 1.71. The maximum absolute atomic E-state index is 11.7. The third kappa shape index (κ3) is 1.40. The van der Waals surface area contributed by atoms with E-state index < -0.39 is 5.60 Å². The topological polar surface area (TPSA) is 48.0 Å². The summed E-state index contributed by atoms with van der Waals surface area (Å²) in [6.45, 7) is 0. The molecule has 5 nitrogen and oxygen atoms in total. The van der Waals surface area contributed by atoms with Gasteiger partial charge >= 0.3 is 5.97 Å². The summed E-state index contributed by atoms with van der Waals surface area (Å²) in [6, 6.07) is 0.782. The van der Waals surface area contributed by atoms with Gasteiger partial charge in [0.15, 0.2) is 11.9 Å². The zero-order valence-electron chi connectivity index (χ0n) is 11.7. The van der Waals surface area contributed by atoms with E-state index in [4.69, 9.17) is 14.2 Å². The van der Waals surface area contributed by atoms with Gasteiger partial charge in [-0.3, -0.25) is 4.90 Å². The van der Waals surface area contributed by atoms with Crippen LogP contribution in [-0.4, -0.2) is 55.1 Å². The SMILES string of the molecule is COC(OC)C1CC[C@H]2N1[C@@H]1C=CC3=CC(=O)O[C@@]32C1. The number of methoxy groups -OCH3 is 2. The van der Waals surface area contributed by atoms with E-state index in [2.05, 4.69) is 17.1 Å². The van der Waals surface area contributed by atoms with E-state index in [0.717, 1.165) is 24.8 Å². The fourth-order valence-electron chi connectivity index (χ4n) is 4.56. The Hall–Kier alpha value is -1.17. The van der Waals surface area contributed by atoms with Gasteiger partial charge in [0.2, 0.25) is 0 Å². The number of hydrogen-bond donors (Lipinski definition) is 0. The van der Waals surface area contributed by atoms with Crippen LogP contribution in [0, 0.1) is 0 Å².